The molecule has 0 radical (unpaired) electrons. The molecule has 102 valence electrons. The Balaban J connectivity index is 1.74. The molecule has 4 heteroatoms. The highest BCUT2D eigenvalue weighted by Crippen LogP contribution is 2.37. The van der Waals surface area contributed by atoms with E-state index in [-0.39, 0.29) is 0 Å². The molecule has 1 aliphatic rings. The molecule has 2 nitrogen and oxygen atoms in total. The second kappa shape index (κ2) is 7.63. The number of nitrogens with one attached hydrogen (secondary N) is 1. The van der Waals surface area contributed by atoms with E-state index in [2.05, 4.69) is 27.3 Å². The summed E-state index contributed by atoms with van der Waals surface area (Å²) in [5.74, 6) is 0. The molecule has 1 aliphatic carbocycles. The molecule has 1 unspecified atom stereocenters. The first-order valence-electron chi connectivity index (χ1n) is 6.81. The van der Waals surface area contributed by atoms with Gasteiger partial charge in [-0.15, -0.1) is 11.3 Å². The second-order valence-electron chi connectivity index (χ2n) is 4.88. The Hall–Kier alpha value is 0.100. The lowest BCUT2D eigenvalue weighted by Crippen LogP contribution is -2.25. The highest BCUT2D eigenvalue weighted by atomic mass is 79.9. The number of halogens is 1. The molecule has 2 rings (SSSR count). The summed E-state index contributed by atoms with van der Waals surface area (Å²) in [4.78, 5) is 1.57. The van der Waals surface area contributed by atoms with Gasteiger partial charge in [-0.3, -0.25) is 0 Å². The predicted octanol–water partition coefficient (Wildman–Crippen LogP) is 4.29. The number of aryl methyl sites for hydroxylation is 1. The van der Waals surface area contributed by atoms with Crippen LogP contribution in [0.1, 0.15) is 48.6 Å². The molecule has 1 atom stereocenters. The molecule has 1 aromatic rings. The summed E-state index contributed by atoms with van der Waals surface area (Å²) in [6.45, 7) is 2.02. The minimum Gasteiger partial charge on any atom is -0.385 e. The maximum atomic E-state index is 5.06. The van der Waals surface area contributed by atoms with Gasteiger partial charge in [0.2, 0.25) is 0 Å². The third-order valence-corrected chi connectivity index (χ3v) is 5.21. The Bertz CT molecular complexity index is 367. The topological polar surface area (TPSA) is 21.3 Å². The number of rotatable bonds is 7. The molecule has 1 aromatic heterocycles. The van der Waals surface area contributed by atoms with E-state index in [0.717, 1.165) is 13.2 Å². The fraction of sp³-hybridized carbons (Fsp3) is 0.714. The Labute approximate surface area is 122 Å². The van der Waals surface area contributed by atoms with Gasteiger partial charge in [0.15, 0.2) is 0 Å². The molecular formula is C14H22BrNOS. The van der Waals surface area contributed by atoms with Gasteiger partial charge in [-0.2, -0.15) is 0 Å². The Kier molecular flexibility index (Phi) is 6.15. The first-order valence-corrected chi connectivity index (χ1v) is 8.42. The average Bonchev–Trinajstić information content (AvgIpc) is 2.74. The highest BCUT2D eigenvalue weighted by Gasteiger charge is 2.21. The number of thiophene rings is 1. The number of hydrogen-bond donors (Lipinski definition) is 1. The molecule has 0 fully saturated rings. The van der Waals surface area contributed by atoms with Gasteiger partial charge >= 0.3 is 0 Å². The zero-order valence-corrected chi connectivity index (χ0v) is 13.4. The highest BCUT2D eigenvalue weighted by molar-refractivity contribution is 9.11. The van der Waals surface area contributed by atoms with E-state index in [1.165, 1.54) is 47.9 Å². The van der Waals surface area contributed by atoms with Crippen molar-refractivity contribution in [3.63, 3.8) is 0 Å². The second-order valence-corrected chi connectivity index (χ2v) is 7.40. The van der Waals surface area contributed by atoms with Crippen molar-refractivity contribution >= 4 is 27.3 Å². The minimum atomic E-state index is 0.582. The third kappa shape index (κ3) is 4.05. The summed E-state index contributed by atoms with van der Waals surface area (Å²) in [7, 11) is 1.77. The zero-order valence-electron chi connectivity index (χ0n) is 11.0. The SMILES string of the molecule is COCCCCCNC1CCCc2sc(Br)cc21. The summed E-state index contributed by atoms with van der Waals surface area (Å²) in [5, 5.41) is 3.71. The Morgan fingerprint density at radius 3 is 3.17 bits per heavy atom. The van der Waals surface area contributed by atoms with Gasteiger partial charge in [0.05, 0.1) is 3.79 Å². The van der Waals surface area contributed by atoms with Crippen molar-refractivity contribution in [3.8, 4) is 0 Å². The molecule has 18 heavy (non-hydrogen) atoms. The third-order valence-electron chi connectivity index (χ3n) is 3.50. The van der Waals surface area contributed by atoms with Gasteiger partial charge < -0.3 is 10.1 Å². The molecule has 0 spiro atoms. The van der Waals surface area contributed by atoms with Gasteiger partial charge in [-0.1, -0.05) is 0 Å². The lowest BCUT2D eigenvalue weighted by Gasteiger charge is -2.23. The number of hydrogen-bond acceptors (Lipinski definition) is 3. The Morgan fingerprint density at radius 2 is 2.33 bits per heavy atom. The van der Waals surface area contributed by atoms with Crippen LogP contribution in [0.5, 0.6) is 0 Å². The van der Waals surface area contributed by atoms with Gasteiger partial charge in [-0.05, 0) is 72.6 Å². The fourth-order valence-corrected chi connectivity index (χ4v) is 4.38. The van der Waals surface area contributed by atoms with Crippen molar-refractivity contribution in [2.45, 2.75) is 44.6 Å². The van der Waals surface area contributed by atoms with Crippen LogP contribution in [0, 0.1) is 0 Å². The first-order chi connectivity index (χ1) is 8.81. The van der Waals surface area contributed by atoms with Crippen molar-refractivity contribution in [1.82, 2.24) is 5.32 Å². The maximum Gasteiger partial charge on any atom is 0.0704 e. The van der Waals surface area contributed by atoms with Crippen LogP contribution in [-0.4, -0.2) is 20.3 Å². The molecule has 0 aliphatic heterocycles. The Morgan fingerprint density at radius 1 is 1.44 bits per heavy atom. The van der Waals surface area contributed by atoms with E-state index >= 15 is 0 Å². The van der Waals surface area contributed by atoms with Gasteiger partial charge in [0.25, 0.3) is 0 Å². The maximum absolute atomic E-state index is 5.06. The molecule has 0 saturated carbocycles. The summed E-state index contributed by atoms with van der Waals surface area (Å²) in [5.41, 5.74) is 1.54. The fourth-order valence-electron chi connectivity index (χ4n) is 2.56. The normalized spacial score (nSPS) is 18.9. The van der Waals surface area contributed by atoms with Crippen molar-refractivity contribution < 1.29 is 4.74 Å². The number of ether oxygens (including phenoxy) is 1. The average molecular weight is 332 g/mol. The molecule has 1 heterocycles. The van der Waals surface area contributed by atoms with Crippen LogP contribution >= 0.6 is 27.3 Å². The molecule has 0 aromatic carbocycles. The van der Waals surface area contributed by atoms with Crippen LogP contribution in [0.25, 0.3) is 0 Å². The van der Waals surface area contributed by atoms with E-state index in [0.29, 0.717) is 6.04 Å². The van der Waals surface area contributed by atoms with Crippen LogP contribution in [0.15, 0.2) is 9.85 Å². The van der Waals surface area contributed by atoms with Crippen LogP contribution in [0.3, 0.4) is 0 Å². The van der Waals surface area contributed by atoms with Crippen LogP contribution in [0.4, 0.5) is 0 Å². The van der Waals surface area contributed by atoms with E-state index in [1.54, 1.807) is 12.0 Å². The van der Waals surface area contributed by atoms with E-state index in [4.69, 9.17) is 4.74 Å². The summed E-state index contributed by atoms with van der Waals surface area (Å²) in [6, 6.07) is 2.89. The molecule has 0 amide bonds. The first kappa shape index (κ1) is 14.5. The molecule has 1 N–H and O–H groups in total. The largest absolute Gasteiger partial charge is 0.385 e. The van der Waals surface area contributed by atoms with Gasteiger partial charge in [0.1, 0.15) is 0 Å². The van der Waals surface area contributed by atoms with Crippen LogP contribution in [-0.2, 0) is 11.2 Å². The monoisotopic (exact) mass is 331 g/mol. The molecular weight excluding hydrogens is 310 g/mol. The standard InChI is InChI=1S/C14H22BrNOS/c1-17-9-4-2-3-8-16-12-6-5-7-13-11(12)10-14(15)18-13/h10,12,16H,2-9H2,1H3. The lowest BCUT2D eigenvalue weighted by atomic mass is 9.94. The van der Waals surface area contributed by atoms with Crippen LogP contribution in [0.2, 0.25) is 0 Å². The predicted molar refractivity (Wildman–Crippen MR) is 81.4 cm³/mol. The number of methoxy groups -OCH3 is 1. The minimum absolute atomic E-state index is 0.582. The summed E-state index contributed by atoms with van der Waals surface area (Å²) in [6.07, 6.45) is 7.56. The van der Waals surface area contributed by atoms with Crippen molar-refractivity contribution in [3.05, 3.63) is 20.3 Å². The van der Waals surface area contributed by atoms with Crippen molar-refractivity contribution in [2.24, 2.45) is 0 Å². The van der Waals surface area contributed by atoms with E-state index in [9.17, 15) is 0 Å². The zero-order chi connectivity index (χ0) is 12.8. The van der Waals surface area contributed by atoms with Gasteiger partial charge in [-0.25, -0.2) is 0 Å². The molecule has 0 bridgehead atoms. The number of fused-ring (bicyclic) bond motifs is 1. The van der Waals surface area contributed by atoms with Crippen LogP contribution < -0.4 is 5.32 Å². The quantitative estimate of drug-likeness (QED) is 0.752. The van der Waals surface area contributed by atoms with Crippen molar-refractivity contribution in [1.29, 1.82) is 0 Å². The lowest BCUT2D eigenvalue weighted by molar-refractivity contribution is 0.192. The van der Waals surface area contributed by atoms with E-state index < -0.39 is 0 Å². The summed E-state index contributed by atoms with van der Waals surface area (Å²) < 4.78 is 6.34. The molecule has 0 saturated heterocycles. The van der Waals surface area contributed by atoms with E-state index in [1.807, 2.05) is 11.3 Å². The van der Waals surface area contributed by atoms with Crippen molar-refractivity contribution in [2.75, 3.05) is 20.3 Å². The summed E-state index contributed by atoms with van der Waals surface area (Å²) >= 11 is 5.51. The smallest absolute Gasteiger partial charge is 0.0704 e. The number of unbranched alkanes of at least 4 members (excludes halogenated alkanes) is 2. The van der Waals surface area contributed by atoms with Gasteiger partial charge in [0, 0.05) is 24.6 Å².